The molecule has 1 amide bonds. The molecule has 2 aliphatic rings. The van der Waals surface area contributed by atoms with Gasteiger partial charge in [-0.15, -0.1) is 11.8 Å². The lowest BCUT2D eigenvalue weighted by atomic mass is 10.1. The van der Waals surface area contributed by atoms with Gasteiger partial charge in [-0.1, -0.05) is 30.4 Å². The van der Waals surface area contributed by atoms with Crippen LogP contribution in [0, 0.1) is 5.92 Å². The van der Waals surface area contributed by atoms with Crippen LogP contribution in [0.3, 0.4) is 0 Å². The minimum Gasteiger partial charge on any atom is -0.392 e. The third kappa shape index (κ3) is 2.77. The third-order valence-corrected chi connectivity index (χ3v) is 5.21. The number of carbonyl (C=O) groups is 1. The van der Waals surface area contributed by atoms with Crippen LogP contribution in [0.1, 0.15) is 18.4 Å². The highest BCUT2D eigenvalue weighted by Crippen LogP contribution is 2.37. The summed E-state index contributed by atoms with van der Waals surface area (Å²) in [5.74, 6) is 0.515. The first-order valence-electron chi connectivity index (χ1n) is 6.49. The second kappa shape index (κ2) is 5.13. The molecule has 1 saturated carbocycles. The molecule has 0 aromatic heterocycles. The van der Waals surface area contributed by atoms with Crippen LogP contribution < -0.4 is 11.1 Å². The Bertz CT molecular complexity index is 503. The fraction of sp³-hybridized carbons (Fsp3) is 0.429. The minimum absolute atomic E-state index is 0.0481. The largest absolute Gasteiger partial charge is 0.392 e. The average Bonchev–Trinajstić information content (AvgIpc) is 3.12. The quantitative estimate of drug-likeness (QED) is 0.832. The van der Waals surface area contributed by atoms with Gasteiger partial charge in [0.15, 0.2) is 0 Å². The van der Waals surface area contributed by atoms with E-state index in [1.807, 2.05) is 12.1 Å². The minimum atomic E-state index is -0.119. The number of thiocarbonyl (C=S) groups is 1. The summed E-state index contributed by atoms with van der Waals surface area (Å²) in [6.07, 6.45) is 3.02. The molecule has 1 aromatic carbocycles. The Hall–Kier alpha value is -1.07. The van der Waals surface area contributed by atoms with Gasteiger partial charge in [0.1, 0.15) is 0 Å². The number of nitrogens with two attached hydrogens (primary N) is 1. The predicted molar refractivity (Wildman–Crippen MR) is 81.2 cm³/mol. The molecule has 3 rings (SSSR count). The van der Waals surface area contributed by atoms with E-state index in [-0.39, 0.29) is 17.2 Å². The van der Waals surface area contributed by atoms with Crippen LogP contribution in [0.25, 0.3) is 0 Å². The Balaban J connectivity index is 1.64. The van der Waals surface area contributed by atoms with Crippen molar-refractivity contribution >= 4 is 34.9 Å². The van der Waals surface area contributed by atoms with Crippen LogP contribution in [-0.4, -0.2) is 22.2 Å². The lowest BCUT2D eigenvalue weighted by molar-refractivity contribution is -0.120. The highest BCUT2D eigenvalue weighted by molar-refractivity contribution is 8.01. The van der Waals surface area contributed by atoms with Gasteiger partial charge in [0.05, 0.1) is 16.3 Å². The number of carbonyl (C=O) groups excluding carboxylic acids is 1. The van der Waals surface area contributed by atoms with Crippen molar-refractivity contribution in [1.29, 1.82) is 0 Å². The Morgan fingerprint density at radius 1 is 1.42 bits per heavy atom. The van der Waals surface area contributed by atoms with Crippen LogP contribution in [-0.2, 0) is 11.2 Å². The van der Waals surface area contributed by atoms with Gasteiger partial charge in [0.25, 0.3) is 0 Å². The van der Waals surface area contributed by atoms with Crippen molar-refractivity contribution in [3.63, 3.8) is 0 Å². The first-order chi connectivity index (χ1) is 9.15. The molecule has 1 aromatic rings. The Kier molecular flexibility index (Phi) is 3.50. The molecule has 2 unspecified atom stereocenters. The van der Waals surface area contributed by atoms with Gasteiger partial charge in [-0.25, -0.2) is 0 Å². The SMILES string of the molecule is NC(=S)C(NC(=O)C1Cc2ccccc2S1)C1CC1. The maximum absolute atomic E-state index is 12.3. The van der Waals surface area contributed by atoms with E-state index < -0.39 is 0 Å². The summed E-state index contributed by atoms with van der Waals surface area (Å²) in [5.41, 5.74) is 6.97. The van der Waals surface area contributed by atoms with Crippen LogP contribution in [0.2, 0.25) is 0 Å². The van der Waals surface area contributed by atoms with E-state index in [1.54, 1.807) is 11.8 Å². The molecular formula is C14H16N2OS2. The van der Waals surface area contributed by atoms with Crippen molar-refractivity contribution in [3.05, 3.63) is 29.8 Å². The predicted octanol–water partition coefficient (Wildman–Crippen LogP) is 1.88. The fourth-order valence-corrected chi connectivity index (χ4v) is 3.88. The first kappa shape index (κ1) is 12.9. The van der Waals surface area contributed by atoms with Gasteiger partial charge in [0, 0.05) is 4.90 Å². The van der Waals surface area contributed by atoms with Crippen LogP contribution in [0.15, 0.2) is 29.2 Å². The summed E-state index contributed by atoms with van der Waals surface area (Å²) in [7, 11) is 0. The van der Waals surface area contributed by atoms with Gasteiger partial charge in [-0.2, -0.15) is 0 Å². The van der Waals surface area contributed by atoms with E-state index in [0.717, 1.165) is 19.3 Å². The number of rotatable bonds is 4. The number of benzene rings is 1. The summed E-state index contributed by atoms with van der Waals surface area (Å²) in [6.45, 7) is 0. The Morgan fingerprint density at radius 3 is 2.79 bits per heavy atom. The van der Waals surface area contributed by atoms with Crippen molar-refractivity contribution in [1.82, 2.24) is 5.32 Å². The molecular weight excluding hydrogens is 276 g/mol. The van der Waals surface area contributed by atoms with Crippen molar-refractivity contribution in [3.8, 4) is 0 Å². The molecule has 1 fully saturated rings. The zero-order valence-electron chi connectivity index (χ0n) is 10.5. The van der Waals surface area contributed by atoms with Crippen molar-refractivity contribution < 1.29 is 4.79 Å². The van der Waals surface area contributed by atoms with Gasteiger partial charge >= 0.3 is 0 Å². The molecule has 3 nitrogen and oxygen atoms in total. The summed E-state index contributed by atoms with van der Waals surface area (Å²) in [6, 6.07) is 8.06. The average molecular weight is 292 g/mol. The first-order valence-corrected chi connectivity index (χ1v) is 7.78. The molecule has 2 atom stereocenters. The second-order valence-corrected chi connectivity index (χ2v) is 6.86. The van der Waals surface area contributed by atoms with E-state index in [0.29, 0.717) is 10.9 Å². The summed E-state index contributed by atoms with van der Waals surface area (Å²) in [4.78, 5) is 13.9. The van der Waals surface area contributed by atoms with Gasteiger partial charge < -0.3 is 11.1 Å². The van der Waals surface area contributed by atoms with E-state index in [9.17, 15) is 4.79 Å². The Labute approximate surface area is 122 Å². The molecule has 1 heterocycles. The van der Waals surface area contributed by atoms with Crippen molar-refractivity contribution in [2.24, 2.45) is 11.7 Å². The maximum Gasteiger partial charge on any atom is 0.234 e. The number of nitrogens with one attached hydrogen (secondary N) is 1. The molecule has 1 aliphatic heterocycles. The molecule has 0 bridgehead atoms. The van der Waals surface area contributed by atoms with E-state index in [4.69, 9.17) is 18.0 Å². The number of hydrogen-bond acceptors (Lipinski definition) is 3. The van der Waals surface area contributed by atoms with Crippen LogP contribution >= 0.6 is 24.0 Å². The van der Waals surface area contributed by atoms with Crippen molar-refractivity contribution in [2.75, 3.05) is 0 Å². The number of amides is 1. The molecule has 0 spiro atoms. The molecule has 1 aliphatic carbocycles. The summed E-state index contributed by atoms with van der Waals surface area (Å²) < 4.78 is 0. The monoisotopic (exact) mass is 292 g/mol. The zero-order valence-corrected chi connectivity index (χ0v) is 12.1. The van der Waals surface area contributed by atoms with Crippen molar-refractivity contribution in [2.45, 2.75) is 35.4 Å². The molecule has 5 heteroatoms. The normalized spacial score (nSPS) is 22.6. The highest BCUT2D eigenvalue weighted by atomic mass is 32.2. The topological polar surface area (TPSA) is 55.1 Å². The number of fused-ring (bicyclic) bond motifs is 1. The summed E-state index contributed by atoms with van der Waals surface area (Å²) in [5, 5.41) is 2.98. The van der Waals surface area contributed by atoms with Gasteiger partial charge in [-0.05, 0) is 36.8 Å². The number of thioether (sulfide) groups is 1. The van der Waals surface area contributed by atoms with E-state index >= 15 is 0 Å². The molecule has 3 N–H and O–H groups in total. The van der Waals surface area contributed by atoms with E-state index in [2.05, 4.69) is 17.4 Å². The van der Waals surface area contributed by atoms with Gasteiger partial charge in [0.2, 0.25) is 5.91 Å². The van der Waals surface area contributed by atoms with Crippen LogP contribution in [0.5, 0.6) is 0 Å². The smallest absolute Gasteiger partial charge is 0.234 e. The Morgan fingerprint density at radius 2 is 2.16 bits per heavy atom. The second-order valence-electron chi connectivity index (χ2n) is 5.14. The third-order valence-electron chi connectivity index (χ3n) is 3.64. The lowest BCUT2D eigenvalue weighted by Crippen LogP contribution is -2.47. The molecule has 0 saturated heterocycles. The standard InChI is InChI=1S/C14H16N2OS2/c15-13(18)12(8-5-6-8)16-14(17)11-7-9-3-1-2-4-10(9)19-11/h1-4,8,11-12H,5-7H2,(H2,15,18)(H,16,17). The zero-order chi connectivity index (χ0) is 13.4. The molecule has 0 radical (unpaired) electrons. The molecule has 100 valence electrons. The summed E-state index contributed by atoms with van der Waals surface area (Å²) >= 11 is 6.69. The number of hydrogen-bond donors (Lipinski definition) is 2. The molecule has 19 heavy (non-hydrogen) atoms. The van der Waals surface area contributed by atoms with Gasteiger partial charge in [-0.3, -0.25) is 4.79 Å². The fourth-order valence-electron chi connectivity index (χ4n) is 2.43. The maximum atomic E-state index is 12.3. The van der Waals surface area contributed by atoms with E-state index in [1.165, 1.54) is 10.5 Å². The highest BCUT2D eigenvalue weighted by Gasteiger charge is 2.36. The van der Waals surface area contributed by atoms with Crippen LogP contribution in [0.4, 0.5) is 0 Å². The lowest BCUT2D eigenvalue weighted by Gasteiger charge is -2.19.